The second-order valence-corrected chi connectivity index (χ2v) is 4.93. The number of hydrogen-bond donors (Lipinski definition) is 1. The molecule has 2 heterocycles. The first-order valence-electron chi connectivity index (χ1n) is 6.84. The van der Waals surface area contributed by atoms with Gasteiger partial charge in [0.05, 0.1) is 12.6 Å². The molecule has 0 fully saturated rings. The molecule has 0 atom stereocenters. The predicted molar refractivity (Wildman–Crippen MR) is 85.2 cm³/mol. The third-order valence-corrected chi connectivity index (χ3v) is 3.29. The number of methoxy groups -OCH3 is 1. The molecule has 0 aliphatic rings. The second-order valence-electron chi connectivity index (χ2n) is 4.93. The number of nitrogens with one attached hydrogen (secondary N) is 1. The van der Waals surface area contributed by atoms with Crippen molar-refractivity contribution in [1.82, 2.24) is 9.97 Å². The lowest BCUT2D eigenvalue weighted by atomic mass is 10.1. The Balaban J connectivity index is 1.91. The number of benzene rings is 1. The van der Waals surface area contributed by atoms with E-state index in [1.165, 1.54) is 7.11 Å². The summed E-state index contributed by atoms with van der Waals surface area (Å²) in [5.41, 5.74) is 2.91. The van der Waals surface area contributed by atoms with Crippen molar-refractivity contribution in [2.24, 2.45) is 0 Å². The Morgan fingerprint density at radius 2 is 2.05 bits per heavy atom. The van der Waals surface area contributed by atoms with Gasteiger partial charge in [-0.1, -0.05) is 6.07 Å². The summed E-state index contributed by atoms with van der Waals surface area (Å²) in [6.45, 7) is 1.91. The fraction of sp³-hybridized carbons (Fsp3) is 0.118. The van der Waals surface area contributed by atoms with Crippen LogP contribution in [0.15, 0.2) is 48.8 Å². The number of amides is 1. The Morgan fingerprint density at radius 1 is 1.18 bits per heavy atom. The van der Waals surface area contributed by atoms with E-state index >= 15 is 0 Å². The number of fused-ring (bicyclic) bond motifs is 1. The quantitative estimate of drug-likeness (QED) is 0.805. The van der Waals surface area contributed by atoms with Crippen LogP contribution in [0.4, 0.5) is 5.69 Å². The summed E-state index contributed by atoms with van der Waals surface area (Å²) < 4.78 is 5.17. The lowest BCUT2D eigenvalue weighted by Crippen LogP contribution is -2.13. The summed E-state index contributed by atoms with van der Waals surface area (Å²) in [4.78, 5) is 20.8. The minimum Gasteiger partial charge on any atom is -0.480 e. The largest absolute Gasteiger partial charge is 0.480 e. The molecule has 0 aliphatic carbocycles. The van der Waals surface area contributed by atoms with Gasteiger partial charge in [-0.15, -0.1) is 0 Å². The Kier molecular flexibility index (Phi) is 3.70. The van der Waals surface area contributed by atoms with Crippen LogP contribution < -0.4 is 10.1 Å². The summed E-state index contributed by atoms with van der Waals surface area (Å²) in [6.07, 6.45) is 3.42. The zero-order valence-corrected chi connectivity index (χ0v) is 12.3. The van der Waals surface area contributed by atoms with Crippen LogP contribution in [0.25, 0.3) is 10.9 Å². The van der Waals surface area contributed by atoms with Gasteiger partial charge in [0, 0.05) is 23.3 Å². The monoisotopic (exact) mass is 293 g/mol. The van der Waals surface area contributed by atoms with Crippen molar-refractivity contribution >= 4 is 22.5 Å². The predicted octanol–water partition coefficient (Wildman–Crippen LogP) is 3.20. The highest BCUT2D eigenvalue weighted by atomic mass is 16.5. The fourth-order valence-corrected chi connectivity index (χ4v) is 2.22. The molecule has 110 valence electrons. The smallest absolute Gasteiger partial charge is 0.255 e. The number of ether oxygens (including phenoxy) is 1. The van der Waals surface area contributed by atoms with Crippen molar-refractivity contribution in [3.05, 3.63) is 59.9 Å². The van der Waals surface area contributed by atoms with Crippen molar-refractivity contribution in [2.75, 3.05) is 12.4 Å². The summed E-state index contributed by atoms with van der Waals surface area (Å²) in [5, 5.41) is 3.76. The lowest BCUT2D eigenvalue weighted by Gasteiger charge is -2.10. The number of nitrogens with zero attached hydrogens (tertiary/aromatic N) is 2. The van der Waals surface area contributed by atoms with Crippen molar-refractivity contribution in [3.63, 3.8) is 0 Å². The topological polar surface area (TPSA) is 64.1 Å². The van der Waals surface area contributed by atoms with Gasteiger partial charge in [-0.25, -0.2) is 4.98 Å². The van der Waals surface area contributed by atoms with Gasteiger partial charge < -0.3 is 10.1 Å². The van der Waals surface area contributed by atoms with E-state index in [0.29, 0.717) is 17.1 Å². The summed E-state index contributed by atoms with van der Waals surface area (Å²) in [5.74, 6) is 0.179. The summed E-state index contributed by atoms with van der Waals surface area (Å²) >= 11 is 0. The van der Waals surface area contributed by atoms with E-state index < -0.39 is 0 Å². The summed E-state index contributed by atoms with van der Waals surface area (Å²) in [7, 11) is 1.52. The number of rotatable bonds is 3. The van der Waals surface area contributed by atoms with Crippen LogP contribution in [-0.4, -0.2) is 23.0 Å². The maximum atomic E-state index is 12.4. The zero-order chi connectivity index (χ0) is 15.5. The fourth-order valence-electron chi connectivity index (χ4n) is 2.22. The molecule has 5 heteroatoms. The van der Waals surface area contributed by atoms with Gasteiger partial charge >= 0.3 is 0 Å². The molecular weight excluding hydrogens is 278 g/mol. The molecule has 1 N–H and O–H groups in total. The van der Waals surface area contributed by atoms with Crippen LogP contribution in [-0.2, 0) is 0 Å². The van der Waals surface area contributed by atoms with Crippen molar-refractivity contribution in [1.29, 1.82) is 0 Å². The molecule has 22 heavy (non-hydrogen) atoms. The first-order chi connectivity index (χ1) is 10.7. The van der Waals surface area contributed by atoms with Crippen LogP contribution >= 0.6 is 0 Å². The van der Waals surface area contributed by atoms with Crippen molar-refractivity contribution in [2.45, 2.75) is 6.92 Å². The van der Waals surface area contributed by atoms with Crippen LogP contribution in [0.2, 0.25) is 0 Å². The Bertz CT molecular complexity index is 846. The molecule has 0 spiro atoms. The van der Waals surface area contributed by atoms with E-state index in [1.807, 2.05) is 37.3 Å². The molecule has 0 unspecified atom stereocenters. The number of aromatic nitrogens is 2. The Labute approximate surface area is 128 Å². The molecule has 1 amide bonds. The van der Waals surface area contributed by atoms with Gasteiger partial charge in [0.1, 0.15) is 5.69 Å². The van der Waals surface area contributed by atoms with Crippen molar-refractivity contribution < 1.29 is 9.53 Å². The molecule has 0 aliphatic heterocycles. The summed E-state index contributed by atoms with van der Waals surface area (Å²) in [6, 6.07) is 11.0. The minimum atomic E-state index is -0.212. The standard InChI is InChI=1S/C17H15N3O2/c1-11-8-15(17(22-2)19-10-11)20-16(21)13-5-6-14-12(9-13)4-3-7-18-14/h3-10H,1-2H3,(H,20,21). The molecular formula is C17H15N3O2. The number of carbonyl (C=O) groups excluding carboxylic acids is 1. The molecule has 1 aromatic carbocycles. The van der Waals surface area contributed by atoms with Crippen LogP contribution in [0.3, 0.4) is 0 Å². The number of aryl methyl sites for hydroxylation is 1. The van der Waals surface area contributed by atoms with Crippen LogP contribution in [0, 0.1) is 6.92 Å². The minimum absolute atomic E-state index is 0.212. The Hall–Kier alpha value is -2.95. The van der Waals surface area contributed by atoms with Crippen LogP contribution in [0.1, 0.15) is 15.9 Å². The lowest BCUT2D eigenvalue weighted by molar-refractivity contribution is 0.102. The van der Waals surface area contributed by atoms with Crippen LogP contribution in [0.5, 0.6) is 5.88 Å². The number of pyridine rings is 2. The number of carbonyl (C=O) groups is 1. The van der Waals surface area contributed by atoms with Gasteiger partial charge in [-0.05, 0) is 42.8 Å². The second kappa shape index (κ2) is 5.81. The van der Waals surface area contributed by atoms with E-state index in [1.54, 1.807) is 18.5 Å². The molecule has 0 bridgehead atoms. The highest BCUT2D eigenvalue weighted by molar-refractivity contribution is 6.06. The van der Waals surface area contributed by atoms with E-state index in [4.69, 9.17) is 4.74 Å². The maximum absolute atomic E-state index is 12.4. The first-order valence-corrected chi connectivity index (χ1v) is 6.84. The van der Waals surface area contributed by atoms with Crippen molar-refractivity contribution in [3.8, 4) is 5.88 Å². The normalized spacial score (nSPS) is 10.5. The van der Waals surface area contributed by atoms with E-state index in [-0.39, 0.29) is 5.91 Å². The van der Waals surface area contributed by atoms with E-state index in [9.17, 15) is 4.79 Å². The third kappa shape index (κ3) is 2.74. The SMILES string of the molecule is COc1ncc(C)cc1NC(=O)c1ccc2ncccc2c1. The first kappa shape index (κ1) is 14.0. The van der Waals surface area contributed by atoms with Gasteiger partial charge in [0.15, 0.2) is 0 Å². The zero-order valence-electron chi connectivity index (χ0n) is 12.3. The van der Waals surface area contributed by atoms with E-state index in [2.05, 4.69) is 15.3 Å². The average Bonchev–Trinajstić information content (AvgIpc) is 2.54. The number of hydrogen-bond acceptors (Lipinski definition) is 4. The molecule has 0 saturated carbocycles. The molecule has 0 radical (unpaired) electrons. The number of anilines is 1. The Morgan fingerprint density at radius 3 is 2.86 bits per heavy atom. The van der Waals surface area contributed by atoms with E-state index in [0.717, 1.165) is 16.5 Å². The molecule has 2 aromatic heterocycles. The molecule has 0 saturated heterocycles. The molecule has 5 nitrogen and oxygen atoms in total. The van der Waals surface area contributed by atoms with Gasteiger partial charge in [-0.2, -0.15) is 0 Å². The van der Waals surface area contributed by atoms with Gasteiger partial charge in [0.2, 0.25) is 5.88 Å². The maximum Gasteiger partial charge on any atom is 0.255 e. The average molecular weight is 293 g/mol. The third-order valence-electron chi connectivity index (χ3n) is 3.29. The highest BCUT2D eigenvalue weighted by Crippen LogP contribution is 2.23. The van der Waals surface area contributed by atoms with Gasteiger partial charge in [0.25, 0.3) is 5.91 Å². The van der Waals surface area contributed by atoms with Gasteiger partial charge in [-0.3, -0.25) is 9.78 Å². The molecule has 3 aromatic rings. The highest BCUT2D eigenvalue weighted by Gasteiger charge is 2.11. The molecule has 3 rings (SSSR count).